The topological polar surface area (TPSA) is 26.0 Å². The van der Waals surface area contributed by atoms with Gasteiger partial charge in [-0.25, -0.2) is 8.78 Å². The molecule has 0 amide bonds. The van der Waals surface area contributed by atoms with Gasteiger partial charge in [-0.15, -0.1) is 0 Å². The molecule has 14 heavy (non-hydrogen) atoms. The second-order valence-corrected chi connectivity index (χ2v) is 2.64. The first-order valence-corrected chi connectivity index (χ1v) is 3.57. The molecule has 6 heteroatoms. The van der Waals surface area contributed by atoms with Crippen LogP contribution in [0, 0.1) is 0 Å². The molecule has 0 unspecified atom stereocenters. The summed E-state index contributed by atoms with van der Waals surface area (Å²) < 4.78 is 60.5. The van der Waals surface area contributed by atoms with Gasteiger partial charge in [0.1, 0.15) is 0 Å². The van der Waals surface area contributed by atoms with Crippen molar-refractivity contribution in [3.05, 3.63) is 29.3 Å². The van der Waals surface area contributed by atoms with E-state index in [1.54, 1.807) is 0 Å². The Morgan fingerprint density at radius 3 is 2.14 bits per heavy atom. The third-order valence-electron chi connectivity index (χ3n) is 1.65. The number of benzene rings is 1. The Morgan fingerprint density at radius 2 is 1.71 bits per heavy atom. The molecule has 0 saturated carbocycles. The van der Waals surface area contributed by atoms with E-state index in [0.29, 0.717) is 12.1 Å². The first-order chi connectivity index (χ1) is 6.32. The lowest BCUT2D eigenvalue weighted by Gasteiger charge is -2.10. The number of nitrogen functional groups attached to an aromatic ring is 1. The normalized spacial score (nSPS) is 12.1. The predicted octanol–water partition coefficient (Wildman–Crippen LogP) is 3.23. The Hall–Kier alpha value is -1.33. The van der Waals surface area contributed by atoms with Crippen LogP contribution in [-0.4, -0.2) is 0 Å². The first-order valence-electron chi connectivity index (χ1n) is 3.57. The largest absolute Gasteiger partial charge is 0.416 e. The van der Waals surface area contributed by atoms with E-state index in [9.17, 15) is 22.0 Å². The van der Waals surface area contributed by atoms with E-state index in [4.69, 9.17) is 5.73 Å². The molecule has 1 nitrogen and oxygen atoms in total. The van der Waals surface area contributed by atoms with Crippen LogP contribution in [0.5, 0.6) is 0 Å². The number of alkyl halides is 5. The third kappa shape index (κ3) is 2.12. The van der Waals surface area contributed by atoms with E-state index in [2.05, 4.69) is 0 Å². The first kappa shape index (κ1) is 10.7. The molecular weight excluding hydrogens is 205 g/mol. The van der Waals surface area contributed by atoms with Gasteiger partial charge in [0.15, 0.2) is 0 Å². The van der Waals surface area contributed by atoms with Crippen molar-refractivity contribution in [1.82, 2.24) is 0 Å². The average molecular weight is 211 g/mol. The van der Waals surface area contributed by atoms with Crippen LogP contribution in [0.25, 0.3) is 0 Å². The van der Waals surface area contributed by atoms with Gasteiger partial charge < -0.3 is 5.73 Å². The second kappa shape index (κ2) is 3.43. The zero-order valence-corrected chi connectivity index (χ0v) is 6.78. The predicted molar refractivity (Wildman–Crippen MR) is 40.8 cm³/mol. The summed E-state index contributed by atoms with van der Waals surface area (Å²) in [6.45, 7) is 0. The molecule has 0 heterocycles. The highest BCUT2D eigenvalue weighted by Crippen LogP contribution is 2.34. The van der Waals surface area contributed by atoms with E-state index in [-0.39, 0.29) is 5.69 Å². The molecule has 0 aliphatic rings. The van der Waals surface area contributed by atoms with Gasteiger partial charge >= 0.3 is 6.18 Å². The minimum Gasteiger partial charge on any atom is -0.398 e. The number of rotatable bonds is 1. The molecule has 0 aliphatic heterocycles. The van der Waals surface area contributed by atoms with E-state index in [1.165, 1.54) is 0 Å². The van der Waals surface area contributed by atoms with Gasteiger partial charge in [-0.1, -0.05) is 0 Å². The van der Waals surface area contributed by atoms with Gasteiger partial charge in [-0.3, -0.25) is 0 Å². The van der Waals surface area contributed by atoms with Crippen molar-refractivity contribution in [2.24, 2.45) is 0 Å². The van der Waals surface area contributed by atoms with Crippen molar-refractivity contribution in [1.29, 1.82) is 0 Å². The highest BCUT2D eigenvalue weighted by molar-refractivity contribution is 5.49. The van der Waals surface area contributed by atoms with Crippen molar-refractivity contribution in [3.63, 3.8) is 0 Å². The zero-order chi connectivity index (χ0) is 10.9. The lowest BCUT2D eigenvalue weighted by Crippen LogP contribution is -2.07. The van der Waals surface area contributed by atoms with Gasteiger partial charge in [0.25, 0.3) is 6.43 Å². The molecular formula is C8H6F5N. The molecule has 1 aromatic carbocycles. The fourth-order valence-corrected chi connectivity index (χ4v) is 0.940. The number of hydrogen-bond acceptors (Lipinski definition) is 1. The monoisotopic (exact) mass is 211 g/mol. The van der Waals surface area contributed by atoms with Crippen molar-refractivity contribution in [2.75, 3.05) is 5.73 Å². The van der Waals surface area contributed by atoms with Gasteiger partial charge in [-0.2, -0.15) is 13.2 Å². The van der Waals surface area contributed by atoms with Crippen LogP contribution in [0.15, 0.2) is 18.2 Å². The molecule has 1 rings (SSSR count). The number of anilines is 1. The number of hydrogen-bond donors (Lipinski definition) is 1. The quantitative estimate of drug-likeness (QED) is 0.560. The molecule has 1 aromatic rings. The summed E-state index contributed by atoms with van der Waals surface area (Å²) >= 11 is 0. The van der Waals surface area contributed by atoms with Crippen molar-refractivity contribution >= 4 is 5.69 Å². The zero-order valence-electron chi connectivity index (χ0n) is 6.78. The maximum atomic E-state index is 12.1. The fourth-order valence-electron chi connectivity index (χ4n) is 0.940. The Kier molecular flexibility index (Phi) is 2.64. The lowest BCUT2D eigenvalue weighted by molar-refractivity contribution is -0.137. The lowest BCUT2D eigenvalue weighted by atomic mass is 10.1. The number of halogens is 5. The van der Waals surface area contributed by atoms with Crippen LogP contribution in [0.3, 0.4) is 0 Å². The molecule has 0 atom stereocenters. The molecule has 0 aliphatic carbocycles. The van der Waals surface area contributed by atoms with Crippen molar-refractivity contribution in [3.8, 4) is 0 Å². The Labute approximate surface area is 76.3 Å². The van der Waals surface area contributed by atoms with E-state index >= 15 is 0 Å². The number of nitrogens with two attached hydrogens (primary N) is 1. The van der Waals surface area contributed by atoms with Crippen molar-refractivity contribution < 1.29 is 22.0 Å². The van der Waals surface area contributed by atoms with Crippen molar-refractivity contribution in [2.45, 2.75) is 12.6 Å². The third-order valence-corrected chi connectivity index (χ3v) is 1.65. The summed E-state index contributed by atoms with van der Waals surface area (Å²) in [5.74, 6) is 0. The minimum absolute atomic E-state index is 0.340. The van der Waals surface area contributed by atoms with Gasteiger partial charge in [0, 0.05) is 11.3 Å². The molecule has 78 valence electrons. The standard InChI is InChI=1S/C8H6F5N/c9-7(10)5-3-4(8(11,12)13)1-2-6(5)14/h1-3,7H,14H2. The maximum Gasteiger partial charge on any atom is 0.416 e. The average Bonchev–Trinajstić information content (AvgIpc) is 2.02. The maximum absolute atomic E-state index is 12.1. The van der Waals surface area contributed by atoms with E-state index in [1.807, 2.05) is 0 Å². The molecule has 0 bridgehead atoms. The van der Waals surface area contributed by atoms with Crippen LogP contribution in [-0.2, 0) is 6.18 Å². The van der Waals surface area contributed by atoms with Crippen LogP contribution in [0.1, 0.15) is 17.6 Å². The summed E-state index contributed by atoms with van der Waals surface area (Å²) in [4.78, 5) is 0. The summed E-state index contributed by atoms with van der Waals surface area (Å²) in [5, 5.41) is 0. The molecule has 0 fully saturated rings. The van der Waals surface area contributed by atoms with Gasteiger partial charge in [0.2, 0.25) is 0 Å². The Balaban J connectivity index is 3.20. The Morgan fingerprint density at radius 1 is 1.14 bits per heavy atom. The fraction of sp³-hybridized carbons (Fsp3) is 0.250. The van der Waals surface area contributed by atoms with E-state index in [0.717, 1.165) is 6.07 Å². The molecule has 0 radical (unpaired) electrons. The smallest absolute Gasteiger partial charge is 0.398 e. The van der Waals surface area contributed by atoms with Crippen LogP contribution in [0.2, 0.25) is 0 Å². The van der Waals surface area contributed by atoms with Crippen LogP contribution < -0.4 is 5.73 Å². The highest BCUT2D eigenvalue weighted by Gasteiger charge is 2.31. The molecule has 0 saturated heterocycles. The van der Waals surface area contributed by atoms with E-state index < -0.39 is 23.7 Å². The van der Waals surface area contributed by atoms with Crippen LogP contribution >= 0.6 is 0 Å². The summed E-state index contributed by atoms with van der Waals surface area (Å²) in [5.41, 5.74) is 2.83. The summed E-state index contributed by atoms with van der Waals surface area (Å²) in [6, 6.07) is 1.85. The molecule has 2 N–H and O–H groups in total. The SMILES string of the molecule is Nc1ccc(C(F)(F)F)cc1C(F)F. The summed E-state index contributed by atoms with van der Waals surface area (Å²) in [6.07, 6.45) is -7.63. The van der Waals surface area contributed by atoms with Crippen LogP contribution in [0.4, 0.5) is 27.6 Å². The van der Waals surface area contributed by atoms with Gasteiger partial charge in [0.05, 0.1) is 5.56 Å². The minimum atomic E-state index is -4.63. The molecule has 0 aromatic heterocycles. The highest BCUT2D eigenvalue weighted by atomic mass is 19.4. The summed E-state index contributed by atoms with van der Waals surface area (Å²) in [7, 11) is 0. The molecule has 0 spiro atoms. The van der Waals surface area contributed by atoms with Gasteiger partial charge in [-0.05, 0) is 18.2 Å². The second-order valence-electron chi connectivity index (χ2n) is 2.64. The Bertz CT molecular complexity index is 331.